The number of alkyl halides is 3. The lowest BCUT2D eigenvalue weighted by atomic mass is 9.98. The average molecular weight is 216 g/mol. The van der Waals surface area contributed by atoms with Gasteiger partial charge in [0.05, 0.1) is 5.56 Å². The van der Waals surface area contributed by atoms with Crippen molar-refractivity contribution in [2.75, 3.05) is 13.1 Å². The van der Waals surface area contributed by atoms with E-state index in [2.05, 4.69) is 10.9 Å². The highest BCUT2D eigenvalue weighted by molar-refractivity contribution is 5.29. The summed E-state index contributed by atoms with van der Waals surface area (Å²) in [7, 11) is 0. The molecule has 0 bridgehead atoms. The minimum absolute atomic E-state index is 0.118. The van der Waals surface area contributed by atoms with Gasteiger partial charge in [-0.3, -0.25) is 10.9 Å². The predicted molar refractivity (Wildman–Crippen MR) is 50.2 cm³/mol. The van der Waals surface area contributed by atoms with E-state index >= 15 is 0 Å². The van der Waals surface area contributed by atoms with Gasteiger partial charge >= 0.3 is 6.18 Å². The van der Waals surface area contributed by atoms with E-state index in [0.29, 0.717) is 13.1 Å². The summed E-state index contributed by atoms with van der Waals surface area (Å²) >= 11 is 0. The van der Waals surface area contributed by atoms with Gasteiger partial charge in [-0.05, 0) is 11.6 Å². The molecule has 2 N–H and O–H groups in total. The molecule has 0 saturated carbocycles. The zero-order valence-corrected chi connectivity index (χ0v) is 7.93. The highest BCUT2D eigenvalue weighted by Crippen LogP contribution is 2.31. The second-order valence-corrected chi connectivity index (χ2v) is 3.58. The molecule has 0 aromatic heterocycles. The van der Waals surface area contributed by atoms with E-state index in [1.807, 2.05) is 0 Å². The van der Waals surface area contributed by atoms with Crippen LogP contribution in [0.1, 0.15) is 17.0 Å². The number of halogens is 3. The van der Waals surface area contributed by atoms with Crippen LogP contribution in [0.15, 0.2) is 24.3 Å². The average Bonchev–Trinajstić information content (AvgIpc) is 2.69. The van der Waals surface area contributed by atoms with Gasteiger partial charge in [-0.2, -0.15) is 13.2 Å². The topological polar surface area (TPSA) is 24.1 Å². The Morgan fingerprint density at radius 3 is 2.40 bits per heavy atom. The molecule has 1 aliphatic rings. The molecule has 0 atom stereocenters. The number of benzene rings is 1. The van der Waals surface area contributed by atoms with Crippen molar-refractivity contribution in [1.29, 1.82) is 0 Å². The zero-order valence-electron chi connectivity index (χ0n) is 7.93. The summed E-state index contributed by atoms with van der Waals surface area (Å²) in [4.78, 5) is 0. The van der Waals surface area contributed by atoms with Crippen LogP contribution in [0.4, 0.5) is 13.2 Å². The monoisotopic (exact) mass is 216 g/mol. The molecule has 0 amide bonds. The van der Waals surface area contributed by atoms with Gasteiger partial charge in [-0.1, -0.05) is 18.2 Å². The van der Waals surface area contributed by atoms with Crippen molar-refractivity contribution in [1.82, 2.24) is 10.9 Å². The fourth-order valence-electron chi connectivity index (χ4n) is 1.67. The molecule has 0 spiro atoms. The molecule has 0 radical (unpaired) electrons. The maximum absolute atomic E-state index is 12.4. The van der Waals surface area contributed by atoms with E-state index in [1.165, 1.54) is 12.1 Å². The second kappa shape index (κ2) is 3.83. The Kier molecular flexibility index (Phi) is 2.67. The van der Waals surface area contributed by atoms with Crippen LogP contribution in [-0.4, -0.2) is 13.1 Å². The zero-order chi connectivity index (χ0) is 10.9. The Hall–Kier alpha value is -1.07. The minimum atomic E-state index is -4.25. The van der Waals surface area contributed by atoms with Gasteiger partial charge in [0.1, 0.15) is 0 Å². The normalized spacial score (nSPS) is 18.3. The van der Waals surface area contributed by atoms with Gasteiger partial charge < -0.3 is 0 Å². The highest BCUT2D eigenvalue weighted by atomic mass is 19.4. The molecular formula is C10H11F3N2. The molecule has 1 aliphatic heterocycles. The van der Waals surface area contributed by atoms with Crippen molar-refractivity contribution in [3.05, 3.63) is 35.4 Å². The van der Waals surface area contributed by atoms with Gasteiger partial charge in [0, 0.05) is 19.0 Å². The third kappa shape index (κ3) is 2.30. The molecule has 2 rings (SSSR count). The first-order valence-corrected chi connectivity index (χ1v) is 4.70. The number of nitrogens with one attached hydrogen (secondary N) is 2. The van der Waals surface area contributed by atoms with Gasteiger partial charge in [0.15, 0.2) is 0 Å². The van der Waals surface area contributed by atoms with E-state index in [4.69, 9.17) is 0 Å². The first-order valence-electron chi connectivity index (χ1n) is 4.70. The lowest BCUT2D eigenvalue weighted by Crippen LogP contribution is -2.21. The summed E-state index contributed by atoms with van der Waals surface area (Å²) in [5.74, 6) is 0.118. The Bertz CT molecular complexity index is 343. The molecule has 2 nitrogen and oxygen atoms in total. The van der Waals surface area contributed by atoms with Crippen molar-refractivity contribution in [2.45, 2.75) is 12.1 Å². The highest BCUT2D eigenvalue weighted by Gasteiger charge is 2.31. The van der Waals surface area contributed by atoms with Gasteiger partial charge in [-0.15, -0.1) is 0 Å². The number of hydrazine groups is 1. The first kappa shape index (κ1) is 10.4. The summed E-state index contributed by atoms with van der Waals surface area (Å²) in [6.45, 7) is 1.34. The summed E-state index contributed by atoms with van der Waals surface area (Å²) in [5, 5.41) is 0. The van der Waals surface area contributed by atoms with Crippen LogP contribution in [0.2, 0.25) is 0 Å². The van der Waals surface area contributed by atoms with E-state index in [9.17, 15) is 13.2 Å². The molecule has 1 aromatic carbocycles. The fraction of sp³-hybridized carbons (Fsp3) is 0.400. The van der Waals surface area contributed by atoms with Gasteiger partial charge in [0.25, 0.3) is 0 Å². The molecule has 82 valence electrons. The van der Waals surface area contributed by atoms with Crippen molar-refractivity contribution >= 4 is 0 Å². The van der Waals surface area contributed by atoms with E-state index in [0.717, 1.165) is 11.6 Å². The molecule has 15 heavy (non-hydrogen) atoms. The number of hydrogen-bond acceptors (Lipinski definition) is 2. The van der Waals surface area contributed by atoms with Crippen molar-refractivity contribution < 1.29 is 13.2 Å². The summed E-state index contributed by atoms with van der Waals surface area (Å²) in [5.41, 5.74) is 5.94. The Morgan fingerprint density at radius 2 is 1.80 bits per heavy atom. The lowest BCUT2D eigenvalue weighted by Gasteiger charge is -2.11. The molecule has 0 aliphatic carbocycles. The Morgan fingerprint density at radius 1 is 1.13 bits per heavy atom. The maximum Gasteiger partial charge on any atom is 0.416 e. The largest absolute Gasteiger partial charge is 0.416 e. The van der Waals surface area contributed by atoms with Crippen LogP contribution in [0.3, 0.4) is 0 Å². The van der Waals surface area contributed by atoms with E-state index < -0.39 is 11.7 Å². The fourth-order valence-corrected chi connectivity index (χ4v) is 1.67. The molecule has 1 aromatic rings. The van der Waals surface area contributed by atoms with Crippen LogP contribution in [-0.2, 0) is 6.18 Å². The van der Waals surface area contributed by atoms with E-state index in [-0.39, 0.29) is 5.92 Å². The SMILES string of the molecule is FC(F)(F)c1cccc(C2CNNC2)c1. The molecular weight excluding hydrogens is 205 g/mol. The van der Waals surface area contributed by atoms with Crippen molar-refractivity contribution in [3.63, 3.8) is 0 Å². The predicted octanol–water partition coefficient (Wildman–Crippen LogP) is 1.90. The Labute approximate surface area is 85.5 Å². The van der Waals surface area contributed by atoms with Crippen LogP contribution in [0, 0.1) is 0 Å². The smallest absolute Gasteiger partial charge is 0.257 e. The van der Waals surface area contributed by atoms with Crippen LogP contribution in [0.5, 0.6) is 0 Å². The molecule has 1 fully saturated rings. The molecule has 5 heteroatoms. The van der Waals surface area contributed by atoms with Crippen molar-refractivity contribution in [3.8, 4) is 0 Å². The standard InChI is InChI=1S/C10H11F3N2/c11-10(12,13)9-3-1-2-7(4-9)8-5-14-15-6-8/h1-4,8,14-15H,5-6H2. The van der Waals surface area contributed by atoms with Gasteiger partial charge in [-0.25, -0.2) is 0 Å². The van der Waals surface area contributed by atoms with Crippen LogP contribution >= 0.6 is 0 Å². The summed E-state index contributed by atoms with van der Waals surface area (Å²) in [6.07, 6.45) is -4.25. The van der Waals surface area contributed by atoms with Crippen molar-refractivity contribution in [2.24, 2.45) is 0 Å². The third-order valence-electron chi connectivity index (χ3n) is 2.51. The molecule has 1 saturated heterocycles. The van der Waals surface area contributed by atoms with Crippen LogP contribution < -0.4 is 10.9 Å². The number of hydrogen-bond donors (Lipinski definition) is 2. The lowest BCUT2D eigenvalue weighted by molar-refractivity contribution is -0.137. The Balaban J connectivity index is 2.26. The maximum atomic E-state index is 12.4. The van der Waals surface area contributed by atoms with Crippen LogP contribution in [0.25, 0.3) is 0 Å². The summed E-state index contributed by atoms with van der Waals surface area (Å²) < 4.78 is 37.3. The molecule has 0 unspecified atom stereocenters. The minimum Gasteiger partial charge on any atom is -0.257 e. The number of rotatable bonds is 1. The quantitative estimate of drug-likeness (QED) is 0.749. The third-order valence-corrected chi connectivity index (χ3v) is 2.51. The second-order valence-electron chi connectivity index (χ2n) is 3.58. The first-order chi connectivity index (χ1) is 7.07. The van der Waals surface area contributed by atoms with E-state index in [1.54, 1.807) is 6.07 Å². The summed E-state index contributed by atoms with van der Waals surface area (Å²) in [6, 6.07) is 5.50. The van der Waals surface area contributed by atoms with Gasteiger partial charge in [0.2, 0.25) is 0 Å². The molecule has 1 heterocycles.